The monoisotopic (exact) mass is 314 g/mol. The predicted molar refractivity (Wildman–Crippen MR) is 85.1 cm³/mol. The number of benzene rings is 1. The summed E-state index contributed by atoms with van der Waals surface area (Å²) in [7, 11) is -0.557. The van der Waals surface area contributed by atoms with Crippen molar-refractivity contribution >= 4 is 10.0 Å². The molecule has 0 fully saturated rings. The van der Waals surface area contributed by atoms with Gasteiger partial charge in [-0.15, -0.1) is 0 Å². The first-order chi connectivity index (χ1) is 9.55. The highest BCUT2D eigenvalue weighted by atomic mass is 32.2. The fraction of sp³-hybridized carbons (Fsp3) is 0.600. The van der Waals surface area contributed by atoms with Gasteiger partial charge in [-0.25, -0.2) is 12.7 Å². The summed E-state index contributed by atoms with van der Waals surface area (Å²) >= 11 is 0. The molecule has 0 aliphatic heterocycles. The lowest BCUT2D eigenvalue weighted by atomic mass is 9.94. The molecular formula is C15H26N2O3S. The van der Waals surface area contributed by atoms with Crippen molar-refractivity contribution in [2.75, 3.05) is 27.2 Å². The number of nitrogens with two attached hydrogens (primary N) is 1. The number of aryl methyl sites for hydroxylation is 2. The van der Waals surface area contributed by atoms with E-state index in [0.717, 1.165) is 11.1 Å². The van der Waals surface area contributed by atoms with Gasteiger partial charge in [0, 0.05) is 13.6 Å². The number of hydrogen-bond acceptors (Lipinski definition) is 4. The molecule has 6 heteroatoms. The zero-order valence-electron chi connectivity index (χ0n) is 13.7. The largest absolute Gasteiger partial charge is 0.495 e. The molecule has 0 aliphatic rings. The van der Waals surface area contributed by atoms with Crippen LogP contribution in [-0.2, 0) is 10.0 Å². The van der Waals surface area contributed by atoms with Crippen LogP contribution in [0.25, 0.3) is 0 Å². The van der Waals surface area contributed by atoms with Crippen LogP contribution >= 0.6 is 0 Å². The van der Waals surface area contributed by atoms with Crippen LogP contribution < -0.4 is 10.5 Å². The summed E-state index contributed by atoms with van der Waals surface area (Å²) in [5.41, 5.74) is 7.11. The second kappa shape index (κ2) is 6.34. The van der Waals surface area contributed by atoms with Crippen molar-refractivity contribution in [2.45, 2.75) is 32.6 Å². The lowest BCUT2D eigenvalue weighted by Crippen LogP contribution is -2.39. The lowest BCUT2D eigenvalue weighted by Gasteiger charge is -2.29. The van der Waals surface area contributed by atoms with Crippen molar-refractivity contribution in [3.63, 3.8) is 0 Å². The SMILES string of the molecule is COc1c(C)cc(C)cc1S(=O)(=O)N(C)CC(C)(C)CN. The van der Waals surface area contributed by atoms with Gasteiger partial charge in [0.2, 0.25) is 10.0 Å². The van der Waals surface area contributed by atoms with Crippen molar-refractivity contribution in [3.8, 4) is 5.75 Å². The molecule has 0 unspecified atom stereocenters. The number of sulfonamides is 1. The maximum atomic E-state index is 12.8. The van der Waals surface area contributed by atoms with Crippen LogP contribution in [-0.4, -0.2) is 40.0 Å². The average molecular weight is 314 g/mol. The third-order valence-corrected chi connectivity index (χ3v) is 5.29. The van der Waals surface area contributed by atoms with Gasteiger partial charge in [-0.05, 0) is 43.0 Å². The highest BCUT2D eigenvalue weighted by molar-refractivity contribution is 7.89. The van der Waals surface area contributed by atoms with E-state index < -0.39 is 10.0 Å². The van der Waals surface area contributed by atoms with E-state index in [1.165, 1.54) is 11.4 Å². The summed E-state index contributed by atoms with van der Waals surface area (Å²) in [5.74, 6) is 0.401. The third-order valence-electron chi connectivity index (χ3n) is 3.48. The summed E-state index contributed by atoms with van der Waals surface area (Å²) in [4.78, 5) is 0.206. The first kappa shape index (κ1) is 17.9. The molecule has 0 bridgehead atoms. The molecule has 1 rings (SSSR count). The van der Waals surface area contributed by atoms with Gasteiger partial charge in [-0.1, -0.05) is 19.9 Å². The van der Waals surface area contributed by atoms with E-state index in [1.807, 2.05) is 33.8 Å². The van der Waals surface area contributed by atoms with E-state index in [2.05, 4.69) is 0 Å². The molecule has 0 aliphatic carbocycles. The Morgan fingerprint density at radius 3 is 2.33 bits per heavy atom. The Balaban J connectivity index is 3.31. The van der Waals surface area contributed by atoms with E-state index in [1.54, 1.807) is 13.1 Å². The molecule has 120 valence electrons. The Kier molecular flexibility index (Phi) is 5.41. The topological polar surface area (TPSA) is 72.6 Å². The Hall–Kier alpha value is -1.11. The quantitative estimate of drug-likeness (QED) is 0.870. The van der Waals surface area contributed by atoms with Crippen LogP contribution in [0.15, 0.2) is 17.0 Å². The van der Waals surface area contributed by atoms with Gasteiger partial charge >= 0.3 is 0 Å². The van der Waals surface area contributed by atoms with Gasteiger partial charge in [-0.2, -0.15) is 0 Å². The summed E-state index contributed by atoms with van der Waals surface area (Å²) in [6.07, 6.45) is 0. The highest BCUT2D eigenvalue weighted by Crippen LogP contribution is 2.31. The minimum atomic E-state index is -3.62. The second-order valence-electron chi connectivity index (χ2n) is 6.24. The number of methoxy groups -OCH3 is 1. The second-order valence-corrected chi connectivity index (χ2v) is 8.26. The molecule has 0 aromatic heterocycles. The van der Waals surface area contributed by atoms with Gasteiger partial charge in [0.15, 0.2) is 0 Å². The van der Waals surface area contributed by atoms with Crippen LogP contribution in [0.2, 0.25) is 0 Å². The van der Waals surface area contributed by atoms with Crippen molar-refractivity contribution in [1.82, 2.24) is 4.31 Å². The van der Waals surface area contributed by atoms with Gasteiger partial charge in [0.05, 0.1) is 7.11 Å². The van der Waals surface area contributed by atoms with E-state index >= 15 is 0 Å². The molecule has 0 amide bonds. The molecule has 0 radical (unpaired) electrons. The van der Waals surface area contributed by atoms with E-state index in [9.17, 15) is 8.42 Å². The van der Waals surface area contributed by atoms with Gasteiger partial charge in [0.25, 0.3) is 0 Å². The molecule has 1 aromatic rings. The first-order valence-electron chi connectivity index (χ1n) is 6.87. The zero-order chi connectivity index (χ0) is 16.4. The summed E-state index contributed by atoms with van der Waals surface area (Å²) in [6, 6.07) is 3.55. The highest BCUT2D eigenvalue weighted by Gasteiger charge is 2.30. The minimum Gasteiger partial charge on any atom is -0.495 e. The molecule has 0 atom stereocenters. The Bertz CT molecular complexity index is 610. The van der Waals surface area contributed by atoms with Crippen LogP contribution in [0.3, 0.4) is 0 Å². The van der Waals surface area contributed by atoms with Gasteiger partial charge in [0.1, 0.15) is 10.6 Å². The first-order valence-corrected chi connectivity index (χ1v) is 8.31. The maximum Gasteiger partial charge on any atom is 0.246 e. The van der Waals surface area contributed by atoms with Crippen LogP contribution in [0.1, 0.15) is 25.0 Å². The number of ether oxygens (including phenoxy) is 1. The molecule has 0 saturated carbocycles. The van der Waals surface area contributed by atoms with E-state index in [4.69, 9.17) is 10.5 Å². The average Bonchev–Trinajstić information content (AvgIpc) is 2.37. The fourth-order valence-corrected chi connectivity index (χ4v) is 3.96. The third kappa shape index (κ3) is 3.96. The maximum absolute atomic E-state index is 12.8. The lowest BCUT2D eigenvalue weighted by molar-refractivity contribution is 0.291. The predicted octanol–water partition coefficient (Wildman–Crippen LogP) is 1.92. The fourth-order valence-electron chi connectivity index (χ4n) is 2.29. The number of rotatable bonds is 6. The van der Waals surface area contributed by atoms with Gasteiger partial charge < -0.3 is 10.5 Å². The minimum absolute atomic E-state index is 0.206. The Morgan fingerprint density at radius 2 is 1.86 bits per heavy atom. The van der Waals surface area contributed by atoms with Crippen molar-refractivity contribution in [2.24, 2.45) is 11.1 Å². The molecule has 5 nitrogen and oxygen atoms in total. The normalized spacial score (nSPS) is 12.8. The standard InChI is InChI=1S/C15H26N2O3S/c1-11-7-12(2)14(20-6)13(8-11)21(18,19)17(5)10-15(3,4)9-16/h7-8H,9-10,16H2,1-6H3. The molecule has 0 heterocycles. The summed E-state index contributed by atoms with van der Waals surface area (Å²) in [6.45, 7) is 8.36. The number of hydrogen-bond donors (Lipinski definition) is 1. The van der Waals surface area contributed by atoms with Crippen molar-refractivity contribution in [1.29, 1.82) is 0 Å². The van der Waals surface area contributed by atoms with E-state index in [-0.39, 0.29) is 10.3 Å². The van der Waals surface area contributed by atoms with Crippen LogP contribution in [0.4, 0.5) is 0 Å². The summed E-state index contributed by atoms with van der Waals surface area (Å²) in [5, 5.41) is 0. The molecule has 0 saturated heterocycles. The number of nitrogens with zero attached hydrogens (tertiary/aromatic N) is 1. The van der Waals surface area contributed by atoms with Gasteiger partial charge in [-0.3, -0.25) is 0 Å². The molecule has 0 spiro atoms. The van der Waals surface area contributed by atoms with Crippen LogP contribution in [0.5, 0.6) is 5.75 Å². The van der Waals surface area contributed by atoms with Crippen LogP contribution in [0, 0.1) is 19.3 Å². The molecule has 2 N–H and O–H groups in total. The molecule has 21 heavy (non-hydrogen) atoms. The zero-order valence-corrected chi connectivity index (χ0v) is 14.5. The Morgan fingerprint density at radius 1 is 1.29 bits per heavy atom. The smallest absolute Gasteiger partial charge is 0.246 e. The molecule has 1 aromatic carbocycles. The Labute approximate surface area is 128 Å². The van der Waals surface area contributed by atoms with E-state index in [0.29, 0.717) is 18.8 Å². The van der Waals surface area contributed by atoms with Crippen molar-refractivity contribution in [3.05, 3.63) is 23.3 Å². The van der Waals surface area contributed by atoms with Crippen molar-refractivity contribution < 1.29 is 13.2 Å². The summed E-state index contributed by atoms with van der Waals surface area (Å²) < 4.78 is 32.3. The molecular weight excluding hydrogens is 288 g/mol.